The zero-order valence-corrected chi connectivity index (χ0v) is 31.6. The minimum Gasteiger partial charge on any atom is 0 e. The smallest absolute Gasteiger partial charge is 0 e. The van der Waals surface area contributed by atoms with Crippen molar-refractivity contribution in [3.63, 3.8) is 0 Å². The summed E-state index contributed by atoms with van der Waals surface area (Å²) in [7, 11) is 0. The van der Waals surface area contributed by atoms with Crippen LogP contribution in [-0.4, -0.2) is 23.2 Å². The number of fused-ring (bicyclic) bond motifs is 3. The van der Waals surface area contributed by atoms with Crippen molar-refractivity contribution < 1.29 is 21.5 Å². The number of aromatic nitrogens is 2. The number of benzene rings is 3. The van der Waals surface area contributed by atoms with Crippen LogP contribution < -0.4 is 4.40 Å². The molecule has 0 saturated carbocycles. The molecule has 0 N–H and O–H groups in total. The average molecular weight is 823 g/mol. The van der Waals surface area contributed by atoms with Crippen LogP contribution >= 0.6 is 11.3 Å². The van der Waals surface area contributed by atoms with E-state index in [0.29, 0.717) is 0 Å². The second-order valence-corrected chi connectivity index (χ2v) is 24.6. The van der Waals surface area contributed by atoms with Gasteiger partial charge in [-0.15, -0.1) is 23.3 Å². The molecule has 3 heterocycles. The third-order valence-corrected chi connectivity index (χ3v) is 13.3. The summed E-state index contributed by atoms with van der Waals surface area (Å²) in [6.45, 7) is 10.5. The summed E-state index contributed by atoms with van der Waals surface area (Å²) in [4.78, 5) is 9.18. The van der Waals surface area contributed by atoms with E-state index in [2.05, 4.69) is 116 Å². The standard InChI is InChI=1S/C24H24NS.C14H16GeN.Ir/c1-15-10-11-18(23-22(15)19-8-6-7-9-21(19)26-23)20-14-17(12-13-25-20)16(2)24(3,4)5;1-15(2,3)13-9-10-14(16-11-13)12-7-5-4-6-8-12;/h6-10,12-14,16H,1-5H3;4-7,9-11H,1-3H3;/q2*-1;/i16D;;. The van der Waals surface area contributed by atoms with Gasteiger partial charge in [0.15, 0.2) is 0 Å². The van der Waals surface area contributed by atoms with Crippen molar-refractivity contribution in [1.82, 2.24) is 9.97 Å². The van der Waals surface area contributed by atoms with Crippen molar-refractivity contribution in [1.29, 1.82) is 0 Å². The maximum absolute atomic E-state index is 8.93. The Balaban J connectivity index is 0.000000223. The van der Waals surface area contributed by atoms with Crippen molar-refractivity contribution in [2.24, 2.45) is 5.41 Å². The molecular formula is C38H40GeIrN2S-2. The molecule has 0 amide bonds. The minimum atomic E-state index is -1.72. The Hall–Kier alpha value is -2.63. The third kappa shape index (κ3) is 7.54. The van der Waals surface area contributed by atoms with Gasteiger partial charge in [-0.1, -0.05) is 69.8 Å². The van der Waals surface area contributed by atoms with Crippen LogP contribution in [0.3, 0.4) is 0 Å². The number of pyridine rings is 2. The fourth-order valence-electron chi connectivity index (χ4n) is 4.90. The summed E-state index contributed by atoms with van der Waals surface area (Å²) in [6, 6.07) is 33.6. The number of rotatable bonds is 4. The molecule has 223 valence electrons. The van der Waals surface area contributed by atoms with E-state index in [1.165, 1.54) is 30.1 Å². The van der Waals surface area contributed by atoms with E-state index < -0.39 is 19.2 Å². The molecule has 0 bridgehead atoms. The maximum Gasteiger partial charge on any atom is 0 e. The Kier molecular flexibility index (Phi) is 10.0. The number of nitrogens with zero attached hydrogens (tertiary/aromatic N) is 2. The first kappa shape index (κ1) is 31.8. The Morgan fingerprint density at radius 2 is 1.65 bits per heavy atom. The molecule has 0 fully saturated rings. The summed E-state index contributed by atoms with van der Waals surface area (Å²) in [5, 5.41) is 2.59. The fraction of sp³-hybridized carbons (Fsp3) is 0.263. The van der Waals surface area contributed by atoms with Gasteiger partial charge in [0.05, 0.1) is 0 Å². The van der Waals surface area contributed by atoms with Gasteiger partial charge >= 0.3 is 99.8 Å². The Bertz CT molecular complexity index is 1870. The summed E-state index contributed by atoms with van der Waals surface area (Å²) in [5.41, 5.74) is 6.06. The molecule has 1 radical (unpaired) electrons. The summed E-state index contributed by atoms with van der Waals surface area (Å²) in [6.07, 6.45) is 3.87. The number of hydrogen-bond acceptors (Lipinski definition) is 3. The predicted molar refractivity (Wildman–Crippen MR) is 185 cm³/mol. The molecule has 3 aromatic carbocycles. The Labute approximate surface area is 279 Å². The second kappa shape index (κ2) is 13.6. The molecule has 1 unspecified atom stereocenters. The molecule has 3 aromatic heterocycles. The summed E-state index contributed by atoms with van der Waals surface area (Å²) in [5.74, 6) is 6.44. The van der Waals surface area contributed by atoms with Crippen molar-refractivity contribution in [2.75, 3.05) is 0 Å². The maximum atomic E-state index is 8.93. The van der Waals surface area contributed by atoms with E-state index >= 15 is 0 Å². The molecule has 0 aliphatic rings. The van der Waals surface area contributed by atoms with Gasteiger partial charge in [-0.3, -0.25) is 0 Å². The number of thiophene rings is 1. The predicted octanol–water partition coefficient (Wildman–Crippen LogP) is 10.5. The van der Waals surface area contributed by atoms with Gasteiger partial charge in [0.2, 0.25) is 0 Å². The summed E-state index contributed by atoms with van der Waals surface area (Å²) >= 11 is 0.0822. The van der Waals surface area contributed by atoms with Gasteiger partial charge in [-0.05, 0) is 39.2 Å². The zero-order valence-electron chi connectivity index (χ0n) is 27.3. The van der Waals surface area contributed by atoms with Crippen LogP contribution in [0.15, 0.2) is 91.3 Å². The minimum absolute atomic E-state index is 0. The molecule has 6 rings (SSSR count). The number of hydrogen-bond donors (Lipinski definition) is 0. The van der Waals surface area contributed by atoms with Gasteiger partial charge in [0.25, 0.3) is 0 Å². The van der Waals surface area contributed by atoms with E-state index in [1.807, 2.05) is 49.6 Å². The third-order valence-electron chi connectivity index (χ3n) is 7.84. The van der Waals surface area contributed by atoms with E-state index in [4.69, 9.17) is 1.37 Å². The van der Waals surface area contributed by atoms with Gasteiger partial charge in [0.1, 0.15) is 0 Å². The molecule has 0 saturated heterocycles. The van der Waals surface area contributed by atoms with Crippen LogP contribution in [0.4, 0.5) is 0 Å². The molecule has 2 nitrogen and oxygen atoms in total. The van der Waals surface area contributed by atoms with Crippen LogP contribution in [0, 0.1) is 24.5 Å². The Morgan fingerprint density at radius 3 is 2.30 bits per heavy atom. The number of aryl methyl sites for hydroxylation is 1. The molecule has 5 heteroatoms. The molecule has 6 aromatic rings. The van der Waals surface area contributed by atoms with Gasteiger partial charge in [-0.25, -0.2) is 0 Å². The van der Waals surface area contributed by atoms with Crippen LogP contribution in [0.5, 0.6) is 0 Å². The first-order chi connectivity index (χ1) is 20.3. The molecule has 43 heavy (non-hydrogen) atoms. The van der Waals surface area contributed by atoms with E-state index in [1.54, 1.807) is 11.3 Å². The zero-order chi connectivity index (χ0) is 31.0. The normalized spacial score (nSPS) is 13.4. The molecule has 0 aliphatic heterocycles. The van der Waals surface area contributed by atoms with E-state index in [-0.39, 0.29) is 25.5 Å². The first-order valence-electron chi connectivity index (χ1n) is 15.0. The van der Waals surface area contributed by atoms with Crippen molar-refractivity contribution in [2.45, 2.75) is 57.8 Å². The van der Waals surface area contributed by atoms with Crippen LogP contribution in [-0.2, 0) is 20.1 Å². The first-order valence-corrected chi connectivity index (χ1v) is 22.7. The largest absolute Gasteiger partial charge is 0 e. The Morgan fingerprint density at radius 1 is 0.907 bits per heavy atom. The second-order valence-electron chi connectivity index (χ2n) is 12.9. The molecule has 0 spiro atoms. The topological polar surface area (TPSA) is 25.8 Å². The van der Waals surface area contributed by atoms with Crippen LogP contribution in [0.2, 0.25) is 17.3 Å². The fourth-order valence-corrected chi connectivity index (χ4v) is 8.36. The van der Waals surface area contributed by atoms with Crippen molar-refractivity contribution >= 4 is 49.2 Å². The average Bonchev–Trinajstić information content (AvgIpc) is 3.38. The quantitative estimate of drug-likeness (QED) is 0.131. The molecule has 1 atom stereocenters. The van der Waals surface area contributed by atoms with Gasteiger partial charge in [0, 0.05) is 32.4 Å². The van der Waals surface area contributed by atoms with Crippen LogP contribution in [0.1, 0.15) is 46.1 Å². The molecular weight excluding hydrogens is 781 g/mol. The SMILES string of the molecule is [2H]C(C)(c1ccnc(-c2[c-]cc(C)c3c2sc2ccccc23)c1)C(C)(C)C.[CH3][Ge]([CH3])([CH3])[c]1ccc(-c2[c-]cccc2)nc1.[Ir]. The summed E-state index contributed by atoms with van der Waals surface area (Å²) < 4.78 is 12.9. The monoisotopic (exact) mass is 824 g/mol. The van der Waals surface area contributed by atoms with Gasteiger partial charge in [-0.2, -0.15) is 11.3 Å². The van der Waals surface area contributed by atoms with Gasteiger partial charge < -0.3 is 4.98 Å². The van der Waals surface area contributed by atoms with Crippen molar-refractivity contribution in [3.05, 3.63) is 115 Å². The van der Waals surface area contributed by atoms with Crippen molar-refractivity contribution in [3.8, 4) is 22.5 Å². The van der Waals surface area contributed by atoms with E-state index in [0.717, 1.165) is 28.1 Å². The van der Waals surface area contributed by atoms with E-state index in [9.17, 15) is 0 Å². The molecule has 0 aliphatic carbocycles. The van der Waals surface area contributed by atoms with Crippen LogP contribution in [0.25, 0.3) is 42.7 Å².